The topological polar surface area (TPSA) is 86.7 Å². The molecule has 0 radical (unpaired) electrons. The number of fused-ring (bicyclic) bond motifs is 7. The van der Waals surface area contributed by atoms with Gasteiger partial charge in [0, 0.05) is 31.7 Å². The summed E-state index contributed by atoms with van der Waals surface area (Å²) < 4.78 is 24.0. The smallest absolute Gasteiger partial charge is 0.335 e. The van der Waals surface area contributed by atoms with E-state index in [4.69, 9.17) is 0 Å². The number of carbonyl (C=O) groups is 1. The Hall–Kier alpha value is -1.96. The molecule has 7 rings (SSSR count). The van der Waals surface area contributed by atoms with Crippen molar-refractivity contribution in [2.75, 3.05) is 37.7 Å². The van der Waals surface area contributed by atoms with E-state index in [1.807, 2.05) is 12.1 Å². The number of nitrogens with zero attached hydrogens (tertiary/aromatic N) is 1. The number of nitrogens with one attached hydrogen (secondary N) is 1. The zero-order valence-electron chi connectivity index (χ0n) is 31.1. The van der Waals surface area contributed by atoms with Gasteiger partial charge in [-0.3, -0.25) is 0 Å². The van der Waals surface area contributed by atoms with Gasteiger partial charge < -0.3 is 15.3 Å². The molecule has 2 N–H and O–H groups in total. The molecular formula is C42H62N2O4S. The molecule has 9 atom stereocenters. The van der Waals surface area contributed by atoms with Crippen LogP contribution in [0, 0.1) is 51.2 Å². The Morgan fingerprint density at radius 1 is 0.918 bits per heavy atom. The van der Waals surface area contributed by atoms with Crippen LogP contribution in [0.4, 0.5) is 0 Å². The van der Waals surface area contributed by atoms with Gasteiger partial charge in [0.25, 0.3) is 0 Å². The summed E-state index contributed by atoms with van der Waals surface area (Å²) >= 11 is 0. The lowest BCUT2D eigenvalue weighted by molar-refractivity contribution is -0.219. The van der Waals surface area contributed by atoms with Crippen LogP contribution in [0.2, 0.25) is 0 Å². The minimum absolute atomic E-state index is 0.0114. The average Bonchev–Trinajstić information content (AvgIpc) is 3.42. The van der Waals surface area contributed by atoms with Crippen molar-refractivity contribution in [2.45, 2.75) is 105 Å². The predicted molar refractivity (Wildman–Crippen MR) is 199 cm³/mol. The Bertz CT molecular complexity index is 1620. The van der Waals surface area contributed by atoms with Crippen molar-refractivity contribution in [1.82, 2.24) is 10.2 Å². The van der Waals surface area contributed by atoms with Crippen molar-refractivity contribution in [3.63, 3.8) is 0 Å². The summed E-state index contributed by atoms with van der Waals surface area (Å²) in [5, 5.41) is 13.7. The molecule has 0 aromatic heterocycles. The van der Waals surface area contributed by atoms with Gasteiger partial charge in [-0.15, -0.1) is 0 Å². The second-order valence-electron chi connectivity index (χ2n) is 18.7. The molecule has 4 saturated carbocycles. The van der Waals surface area contributed by atoms with Crippen LogP contribution in [0.5, 0.6) is 0 Å². The molecule has 1 aromatic carbocycles. The normalized spacial score (nSPS) is 42.6. The van der Waals surface area contributed by atoms with Crippen LogP contribution in [-0.4, -0.2) is 67.6 Å². The Morgan fingerprint density at radius 2 is 1.61 bits per heavy atom. The van der Waals surface area contributed by atoms with E-state index in [0.717, 1.165) is 19.5 Å². The number of sulfone groups is 1. The molecule has 7 heteroatoms. The number of allylic oxidation sites excluding steroid dienone is 3. The van der Waals surface area contributed by atoms with Crippen LogP contribution >= 0.6 is 0 Å². The zero-order valence-corrected chi connectivity index (χ0v) is 31.9. The van der Waals surface area contributed by atoms with Gasteiger partial charge in [-0.2, -0.15) is 0 Å². The minimum Gasteiger partial charge on any atom is -0.478 e. The fourth-order valence-electron chi connectivity index (χ4n) is 13.8. The maximum absolute atomic E-state index is 12.0. The first-order valence-corrected chi connectivity index (χ1v) is 21.2. The molecular weight excluding hydrogens is 629 g/mol. The molecule has 5 aliphatic carbocycles. The molecule has 1 aromatic rings. The number of carboxylic acids is 1. The maximum atomic E-state index is 12.0. The fourth-order valence-corrected chi connectivity index (χ4v) is 15.1. The molecule has 1 saturated heterocycles. The van der Waals surface area contributed by atoms with Crippen molar-refractivity contribution >= 4 is 21.4 Å². The Kier molecular flexibility index (Phi) is 8.72. The Balaban J connectivity index is 1.15. The van der Waals surface area contributed by atoms with Crippen LogP contribution in [0.1, 0.15) is 115 Å². The van der Waals surface area contributed by atoms with E-state index in [1.165, 1.54) is 68.1 Å². The zero-order chi connectivity index (χ0) is 35.2. The molecule has 0 bridgehead atoms. The van der Waals surface area contributed by atoms with Crippen LogP contribution in [-0.2, 0) is 9.84 Å². The molecule has 6 aliphatic rings. The van der Waals surface area contributed by atoms with Gasteiger partial charge in [-0.05, 0) is 139 Å². The van der Waals surface area contributed by atoms with E-state index in [0.29, 0.717) is 59.7 Å². The van der Waals surface area contributed by atoms with Gasteiger partial charge >= 0.3 is 5.97 Å². The van der Waals surface area contributed by atoms with Gasteiger partial charge in [0.15, 0.2) is 9.84 Å². The van der Waals surface area contributed by atoms with Crippen molar-refractivity contribution in [1.29, 1.82) is 0 Å². The van der Waals surface area contributed by atoms with Crippen molar-refractivity contribution < 1.29 is 18.3 Å². The van der Waals surface area contributed by atoms with E-state index in [9.17, 15) is 18.3 Å². The quantitative estimate of drug-likeness (QED) is 0.281. The number of carboxylic acid groups (broad SMARTS) is 1. The molecule has 270 valence electrons. The lowest BCUT2D eigenvalue weighted by Gasteiger charge is -2.72. The highest BCUT2D eigenvalue weighted by Gasteiger charge is 2.70. The van der Waals surface area contributed by atoms with Crippen molar-refractivity contribution in [2.24, 2.45) is 51.2 Å². The first-order chi connectivity index (χ1) is 23.0. The summed E-state index contributed by atoms with van der Waals surface area (Å²) in [6.45, 7) is 23.0. The summed E-state index contributed by atoms with van der Waals surface area (Å²) in [5.41, 5.74) is 5.23. The van der Waals surface area contributed by atoms with Gasteiger partial charge in [0.1, 0.15) is 0 Å². The third-order valence-corrected chi connectivity index (χ3v) is 18.0. The highest BCUT2D eigenvalue weighted by molar-refractivity contribution is 7.91. The SMILES string of the molecule is C=C(C)C1CC[C@]2(NCCN3CCS(=O)(=O)CC3)CC[C@]3(C)[C@H](CC[C@@H]4[C@@]5(C)CC=C(c6ccc(C(=O)O)cc6)C(C)(C)[C@@H]5CC[C@]43C)[C@@H]12. The summed E-state index contributed by atoms with van der Waals surface area (Å²) in [7, 11) is -2.86. The first kappa shape index (κ1) is 35.4. The molecule has 5 fully saturated rings. The average molecular weight is 691 g/mol. The van der Waals surface area contributed by atoms with Crippen molar-refractivity contribution in [3.05, 3.63) is 53.6 Å². The van der Waals surface area contributed by atoms with Crippen LogP contribution < -0.4 is 5.32 Å². The van der Waals surface area contributed by atoms with Gasteiger partial charge in [0.05, 0.1) is 17.1 Å². The number of hydrogen-bond acceptors (Lipinski definition) is 5. The fraction of sp³-hybridized carbons (Fsp3) is 0.738. The molecule has 49 heavy (non-hydrogen) atoms. The standard InChI is InChI=1S/C42H62N2O4S/c1-28(2)31-14-19-42(43-22-23-44-24-26-49(47,48)27-25-44)21-20-40(6)33(36(31)42)12-13-35-39(5)17-15-32(29-8-10-30(11-9-29)37(45)46)38(3,4)34(39)16-18-41(35,40)7/h8-11,15,31,33-36,43H,1,12-14,16-27H2,2-7H3,(H,45,46)/t31?,33-,34+,35-,36-,39+,40-,41-,42+/m1/s1. The highest BCUT2D eigenvalue weighted by Crippen LogP contribution is 2.76. The number of aromatic carboxylic acids is 1. The van der Waals surface area contributed by atoms with Gasteiger partial charge in [-0.25, -0.2) is 13.2 Å². The van der Waals surface area contributed by atoms with Crippen LogP contribution in [0.15, 0.2) is 42.5 Å². The van der Waals surface area contributed by atoms with Gasteiger partial charge in [0.2, 0.25) is 0 Å². The molecule has 1 unspecified atom stereocenters. The lowest BCUT2D eigenvalue weighted by Crippen LogP contribution is -2.68. The molecule has 6 nitrogen and oxygen atoms in total. The summed E-state index contributed by atoms with van der Waals surface area (Å²) in [5.74, 6) is 2.83. The number of hydrogen-bond donors (Lipinski definition) is 2. The molecule has 1 heterocycles. The molecule has 0 amide bonds. The van der Waals surface area contributed by atoms with Crippen molar-refractivity contribution in [3.8, 4) is 0 Å². The largest absolute Gasteiger partial charge is 0.478 e. The van der Waals surface area contributed by atoms with E-state index < -0.39 is 15.8 Å². The minimum atomic E-state index is -2.86. The maximum Gasteiger partial charge on any atom is 0.335 e. The number of rotatable bonds is 7. The first-order valence-electron chi connectivity index (χ1n) is 19.4. The summed E-state index contributed by atoms with van der Waals surface area (Å²) in [4.78, 5) is 13.9. The van der Waals surface area contributed by atoms with E-state index in [-0.39, 0.29) is 27.2 Å². The molecule has 1 aliphatic heterocycles. The summed E-state index contributed by atoms with van der Waals surface area (Å²) in [6.07, 6.45) is 13.7. The second kappa shape index (κ2) is 12.0. The van der Waals surface area contributed by atoms with E-state index in [1.54, 1.807) is 12.1 Å². The number of benzene rings is 1. The Morgan fingerprint density at radius 3 is 2.27 bits per heavy atom. The van der Waals surface area contributed by atoms with Crippen LogP contribution in [0.25, 0.3) is 5.57 Å². The monoisotopic (exact) mass is 690 g/mol. The highest BCUT2D eigenvalue weighted by atomic mass is 32.2. The predicted octanol–water partition coefficient (Wildman–Crippen LogP) is 8.11. The third-order valence-electron chi connectivity index (χ3n) is 16.4. The lowest BCUT2D eigenvalue weighted by atomic mass is 9.33. The Labute approximate surface area is 296 Å². The summed E-state index contributed by atoms with van der Waals surface area (Å²) in [6, 6.07) is 7.58. The van der Waals surface area contributed by atoms with Crippen LogP contribution in [0.3, 0.4) is 0 Å². The second-order valence-corrected chi connectivity index (χ2v) is 21.0. The van der Waals surface area contributed by atoms with E-state index >= 15 is 0 Å². The van der Waals surface area contributed by atoms with Gasteiger partial charge in [-0.1, -0.05) is 65.0 Å². The third kappa shape index (κ3) is 5.45. The van der Waals surface area contributed by atoms with E-state index in [2.05, 4.69) is 64.4 Å². The molecule has 0 spiro atoms.